The van der Waals surface area contributed by atoms with E-state index in [0.29, 0.717) is 10.9 Å². The molecule has 2 aromatic rings. The summed E-state index contributed by atoms with van der Waals surface area (Å²) in [6, 6.07) is 1.18. The van der Waals surface area contributed by atoms with Gasteiger partial charge in [-0.15, -0.1) is 0 Å². The number of aromatic nitrogens is 3. The highest BCUT2D eigenvalue weighted by molar-refractivity contribution is 6.03. The van der Waals surface area contributed by atoms with Crippen molar-refractivity contribution < 1.29 is 9.59 Å². The van der Waals surface area contributed by atoms with E-state index in [-0.39, 0.29) is 29.4 Å². The molecule has 3 rings (SSSR count). The van der Waals surface area contributed by atoms with Gasteiger partial charge in [0.25, 0.3) is 5.91 Å². The number of amides is 2. The van der Waals surface area contributed by atoms with Crippen LogP contribution < -0.4 is 16.4 Å². The first-order valence-electron chi connectivity index (χ1n) is 8.26. The number of H-pyrrole nitrogens is 1. The van der Waals surface area contributed by atoms with E-state index in [9.17, 15) is 9.59 Å². The summed E-state index contributed by atoms with van der Waals surface area (Å²) in [5.41, 5.74) is 6.41. The van der Waals surface area contributed by atoms with Crippen LogP contribution in [0.2, 0.25) is 0 Å². The van der Waals surface area contributed by atoms with E-state index in [1.807, 2.05) is 0 Å². The summed E-state index contributed by atoms with van der Waals surface area (Å²) in [5.74, 6) is -0.342. The second-order valence-electron chi connectivity index (χ2n) is 6.28. The Kier molecular flexibility index (Phi) is 4.75. The molecular formula is C16H22N6O2. The summed E-state index contributed by atoms with van der Waals surface area (Å²) in [6.45, 7) is 1.58. The van der Waals surface area contributed by atoms with Crippen molar-refractivity contribution in [1.82, 2.24) is 20.5 Å². The minimum atomic E-state index is -0.676. The molecule has 1 saturated carbocycles. The Morgan fingerprint density at radius 3 is 2.79 bits per heavy atom. The van der Waals surface area contributed by atoms with Crippen LogP contribution in [0.5, 0.6) is 0 Å². The summed E-state index contributed by atoms with van der Waals surface area (Å²) in [5, 5.41) is 13.1. The normalized spacial score (nSPS) is 16.8. The van der Waals surface area contributed by atoms with Gasteiger partial charge in [-0.25, -0.2) is 4.98 Å². The Labute approximate surface area is 139 Å². The molecule has 0 radical (unpaired) electrons. The molecule has 2 amide bonds. The highest BCUT2D eigenvalue weighted by Crippen LogP contribution is 2.21. The molecule has 8 heteroatoms. The SMILES string of the molecule is CC(N)C(=O)Nc1nc(C(=O)NC2CCCCC2)cc2cn[nH]c12. The van der Waals surface area contributed by atoms with E-state index in [1.165, 1.54) is 6.42 Å². The van der Waals surface area contributed by atoms with Gasteiger partial charge in [-0.3, -0.25) is 14.7 Å². The highest BCUT2D eigenvalue weighted by atomic mass is 16.2. The molecule has 128 valence electrons. The molecule has 24 heavy (non-hydrogen) atoms. The van der Waals surface area contributed by atoms with Crippen molar-refractivity contribution in [2.75, 3.05) is 5.32 Å². The first kappa shape index (κ1) is 16.4. The third-order valence-electron chi connectivity index (χ3n) is 4.26. The minimum Gasteiger partial charge on any atom is -0.348 e. The van der Waals surface area contributed by atoms with Gasteiger partial charge in [0.05, 0.1) is 12.2 Å². The van der Waals surface area contributed by atoms with Crippen molar-refractivity contribution in [3.63, 3.8) is 0 Å². The number of carbonyl (C=O) groups excluding carboxylic acids is 2. The Morgan fingerprint density at radius 2 is 2.08 bits per heavy atom. The molecule has 0 aliphatic heterocycles. The summed E-state index contributed by atoms with van der Waals surface area (Å²) < 4.78 is 0. The number of carbonyl (C=O) groups is 2. The average Bonchev–Trinajstić information content (AvgIpc) is 3.04. The van der Waals surface area contributed by atoms with E-state index < -0.39 is 6.04 Å². The number of aromatic amines is 1. The van der Waals surface area contributed by atoms with Crippen LogP contribution in [0.1, 0.15) is 49.5 Å². The van der Waals surface area contributed by atoms with Crippen molar-refractivity contribution in [3.05, 3.63) is 18.0 Å². The zero-order valence-electron chi connectivity index (χ0n) is 13.6. The number of hydrogen-bond acceptors (Lipinski definition) is 5. The second kappa shape index (κ2) is 6.96. The highest BCUT2D eigenvalue weighted by Gasteiger charge is 2.20. The zero-order valence-corrected chi connectivity index (χ0v) is 13.6. The molecule has 1 aliphatic rings. The molecule has 1 atom stereocenters. The lowest BCUT2D eigenvalue weighted by molar-refractivity contribution is -0.117. The molecular weight excluding hydrogens is 308 g/mol. The largest absolute Gasteiger partial charge is 0.348 e. The fourth-order valence-corrected chi connectivity index (χ4v) is 2.89. The monoisotopic (exact) mass is 330 g/mol. The molecule has 1 unspecified atom stereocenters. The van der Waals surface area contributed by atoms with Crippen LogP contribution in [-0.2, 0) is 4.79 Å². The lowest BCUT2D eigenvalue weighted by Crippen LogP contribution is -2.37. The molecule has 0 aromatic carbocycles. The number of nitrogens with one attached hydrogen (secondary N) is 3. The Bertz CT molecular complexity index is 748. The van der Waals surface area contributed by atoms with Crippen molar-refractivity contribution in [2.45, 2.75) is 51.1 Å². The number of hydrogen-bond donors (Lipinski definition) is 4. The number of pyridine rings is 1. The molecule has 2 aromatic heterocycles. The lowest BCUT2D eigenvalue weighted by Gasteiger charge is -2.22. The third kappa shape index (κ3) is 3.53. The second-order valence-corrected chi connectivity index (χ2v) is 6.28. The Balaban J connectivity index is 1.84. The number of rotatable bonds is 4. The summed E-state index contributed by atoms with van der Waals surface area (Å²) in [7, 11) is 0. The van der Waals surface area contributed by atoms with Crippen LogP contribution in [0, 0.1) is 0 Å². The average molecular weight is 330 g/mol. The van der Waals surface area contributed by atoms with Crippen LogP contribution in [0.15, 0.2) is 12.3 Å². The topological polar surface area (TPSA) is 126 Å². The molecule has 0 saturated heterocycles. The van der Waals surface area contributed by atoms with Gasteiger partial charge in [0.15, 0.2) is 5.82 Å². The zero-order chi connectivity index (χ0) is 17.1. The van der Waals surface area contributed by atoms with E-state index in [1.54, 1.807) is 19.2 Å². The maximum Gasteiger partial charge on any atom is 0.270 e. The van der Waals surface area contributed by atoms with Gasteiger partial charge >= 0.3 is 0 Å². The molecule has 0 bridgehead atoms. The fraction of sp³-hybridized carbons (Fsp3) is 0.500. The van der Waals surface area contributed by atoms with E-state index >= 15 is 0 Å². The predicted molar refractivity (Wildman–Crippen MR) is 90.5 cm³/mol. The first-order chi connectivity index (χ1) is 11.5. The smallest absolute Gasteiger partial charge is 0.270 e. The van der Waals surface area contributed by atoms with Crippen LogP contribution in [0.3, 0.4) is 0 Å². The Morgan fingerprint density at radius 1 is 1.33 bits per heavy atom. The van der Waals surface area contributed by atoms with Crippen molar-refractivity contribution >= 4 is 28.5 Å². The van der Waals surface area contributed by atoms with E-state index in [0.717, 1.165) is 25.7 Å². The quantitative estimate of drug-likeness (QED) is 0.672. The minimum absolute atomic E-state index is 0.190. The van der Waals surface area contributed by atoms with Gasteiger partial charge in [0.1, 0.15) is 11.2 Å². The number of anilines is 1. The van der Waals surface area contributed by atoms with Crippen molar-refractivity contribution in [1.29, 1.82) is 0 Å². The van der Waals surface area contributed by atoms with Gasteiger partial charge < -0.3 is 16.4 Å². The molecule has 1 fully saturated rings. The van der Waals surface area contributed by atoms with Gasteiger partial charge in [0, 0.05) is 11.4 Å². The van der Waals surface area contributed by atoms with Crippen molar-refractivity contribution in [2.24, 2.45) is 5.73 Å². The van der Waals surface area contributed by atoms with Gasteiger partial charge in [0.2, 0.25) is 5.91 Å². The Hall–Kier alpha value is -2.48. The van der Waals surface area contributed by atoms with Crippen LogP contribution >= 0.6 is 0 Å². The van der Waals surface area contributed by atoms with Gasteiger partial charge in [-0.05, 0) is 25.8 Å². The molecule has 2 heterocycles. The third-order valence-corrected chi connectivity index (χ3v) is 4.26. The molecule has 5 N–H and O–H groups in total. The summed E-state index contributed by atoms with van der Waals surface area (Å²) in [6.07, 6.45) is 7.07. The predicted octanol–water partition coefficient (Wildman–Crippen LogP) is 1.31. The lowest BCUT2D eigenvalue weighted by atomic mass is 9.95. The van der Waals surface area contributed by atoms with Crippen molar-refractivity contribution in [3.8, 4) is 0 Å². The fourth-order valence-electron chi connectivity index (χ4n) is 2.89. The molecule has 8 nitrogen and oxygen atoms in total. The number of nitrogens with two attached hydrogens (primary N) is 1. The summed E-state index contributed by atoms with van der Waals surface area (Å²) in [4.78, 5) is 28.7. The number of fused-ring (bicyclic) bond motifs is 1. The van der Waals surface area contributed by atoms with Gasteiger partial charge in [-0.1, -0.05) is 19.3 Å². The van der Waals surface area contributed by atoms with Crippen LogP contribution in [0.4, 0.5) is 5.82 Å². The standard InChI is InChI=1S/C16H22N6O2/c1-9(17)15(23)21-14-13-10(8-18-22-13)7-12(20-14)16(24)19-11-5-3-2-4-6-11/h7-9,11H,2-6,17H2,1H3,(H,18,22)(H,19,24)(H,20,21,23). The van der Waals surface area contributed by atoms with Crippen LogP contribution in [0.25, 0.3) is 10.9 Å². The van der Waals surface area contributed by atoms with E-state index in [4.69, 9.17) is 5.73 Å². The molecule has 0 spiro atoms. The molecule has 1 aliphatic carbocycles. The summed E-state index contributed by atoms with van der Waals surface area (Å²) >= 11 is 0. The van der Waals surface area contributed by atoms with Gasteiger partial charge in [-0.2, -0.15) is 5.10 Å². The number of nitrogens with zero attached hydrogens (tertiary/aromatic N) is 2. The first-order valence-corrected chi connectivity index (χ1v) is 8.26. The van der Waals surface area contributed by atoms with E-state index in [2.05, 4.69) is 25.8 Å². The maximum atomic E-state index is 12.5. The van der Waals surface area contributed by atoms with Crippen LogP contribution in [-0.4, -0.2) is 39.1 Å². The maximum absolute atomic E-state index is 12.5.